The highest BCUT2D eigenvalue weighted by molar-refractivity contribution is 6.20. The van der Waals surface area contributed by atoms with Crippen molar-refractivity contribution < 1.29 is 86.8 Å². The number of nitrogens with zero attached hydrogens (tertiary/aromatic N) is 2. The van der Waals surface area contributed by atoms with E-state index < -0.39 is 107 Å². The number of carbonyl (C=O) groups is 14. The molecule has 0 fully saturated rings. The summed E-state index contributed by atoms with van der Waals surface area (Å²) in [5, 5.41) is 45.6. The van der Waals surface area contributed by atoms with E-state index in [9.17, 15) is 67.1 Å². The van der Waals surface area contributed by atoms with Gasteiger partial charge in [0.1, 0.15) is 36.3 Å². The highest BCUT2D eigenvalue weighted by Crippen LogP contribution is 2.45. The molecule has 3 aromatic carbocycles. The molecule has 0 radical (unpaired) electrons. The molecule has 30 nitrogen and oxygen atoms in total. The van der Waals surface area contributed by atoms with Gasteiger partial charge in [-0.3, -0.25) is 57.5 Å². The summed E-state index contributed by atoms with van der Waals surface area (Å²) in [6, 6.07) is 1.80. The molecule has 0 spiro atoms. The number of rotatable bonds is 8. The van der Waals surface area contributed by atoms with Crippen LogP contribution in [0.1, 0.15) is 89.7 Å². The van der Waals surface area contributed by atoms with E-state index >= 15 is 0 Å². The summed E-state index contributed by atoms with van der Waals surface area (Å²) >= 11 is 13.1. The molecule has 8 atom stereocenters. The smallest absolute Gasteiger partial charge is 0.328 e. The second-order valence-electron chi connectivity index (χ2n) is 22.6. The normalized spacial score (nSPS) is 23.7. The lowest BCUT2D eigenvalue weighted by Gasteiger charge is -2.26. The summed E-state index contributed by atoms with van der Waals surface area (Å²) in [6.07, 6.45) is 3.00. The number of aliphatic carboxylic acids is 2. The number of ether oxygens (including phenoxy) is 2. The van der Waals surface area contributed by atoms with Crippen molar-refractivity contribution in [2.75, 3.05) is 84.8 Å². The van der Waals surface area contributed by atoms with Gasteiger partial charge >= 0.3 is 11.9 Å². The molecule has 0 saturated carbocycles. The monoisotopic (exact) mass is 1370 g/mol. The number of carboxylic acid groups (broad SMARTS) is 2. The van der Waals surface area contributed by atoms with Gasteiger partial charge in [0.05, 0.1) is 37.8 Å². The predicted molar refractivity (Wildman–Crippen MR) is 353 cm³/mol. The second kappa shape index (κ2) is 35.6. The molecule has 0 aliphatic carbocycles. The molecule has 96 heavy (non-hydrogen) atoms. The summed E-state index contributed by atoms with van der Waals surface area (Å²) in [7, 11) is 0. The molecule has 6 rings (SSSR count). The number of hydrogen-bond acceptors (Lipinski definition) is 16. The Morgan fingerprint density at radius 2 is 0.979 bits per heavy atom. The number of nitrogens with one attached hydrogen (secondary N) is 10. The van der Waals surface area contributed by atoms with Gasteiger partial charge in [-0.1, -0.05) is 36.9 Å². The van der Waals surface area contributed by atoms with Gasteiger partial charge < -0.3 is 82.7 Å². The molecule has 0 aromatic heterocycles. The van der Waals surface area contributed by atoms with Crippen LogP contribution in [0.4, 0.5) is 22.7 Å². The standard InChI is InChI=1S/C64H78Cl2N12O18/c1-7-40-33(2)55-38(29-65)31-77-45(55)27-43(40)73-61(91)36(5)71-59(89)34(3)69-49(81)19-23-95-25-21-67-63(93)57(75-47(79)15-17-53(85)86)58(76-48(80)16-18-54(87)88)64(94)68-22-26-96-24-20-50(82)70-35(4)60(90)72-37(6)62(92)74-44-28-46-56(42-12-9-8-11-41(42)44)39(30-66)32-78(46)52(84)14-10-13-51(77)83/h7-9,11-12,15-18,27-28,34-39,57-58H,2,10,13-14,19-26,29-32H2,1,3-6H3,(H,67,93)(H,68,94)(H,69,81)(H,70,82)(H,71,89)(H,72,90)(H,73,91)(H,74,92)(H,75,79)(H,76,80)(H,85,86)(H,87,88)/b17-15-,18-16-,40-7+/t34?,35?,36?,37?,38-,39-,57?,58?/m1/s1. The predicted octanol–water partition coefficient (Wildman–Crippen LogP) is -0.535. The molecular formula is C64H78Cl2N12O18. The third kappa shape index (κ3) is 20.4. The summed E-state index contributed by atoms with van der Waals surface area (Å²) in [4.78, 5) is 188. The van der Waals surface area contributed by atoms with Crippen molar-refractivity contribution in [2.24, 2.45) is 0 Å². The van der Waals surface area contributed by atoms with Gasteiger partial charge in [0.2, 0.25) is 70.9 Å². The number of halogens is 2. The first-order chi connectivity index (χ1) is 45.7. The molecule has 516 valence electrons. The molecule has 0 saturated heterocycles. The Morgan fingerprint density at radius 3 is 1.43 bits per heavy atom. The van der Waals surface area contributed by atoms with E-state index in [-0.39, 0.29) is 126 Å². The van der Waals surface area contributed by atoms with Crippen molar-refractivity contribution >= 4 is 152 Å². The largest absolute Gasteiger partial charge is 0.478 e. The van der Waals surface area contributed by atoms with Crippen LogP contribution in [-0.2, 0) is 76.6 Å². The van der Waals surface area contributed by atoms with Crippen molar-refractivity contribution in [3.8, 4) is 0 Å². The van der Waals surface area contributed by atoms with Crippen molar-refractivity contribution in [1.29, 1.82) is 0 Å². The van der Waals surface area contributed by atoms with Gasteiger partial charge in [0.15, 0.2) is 0 Å². The van der Waals surface area contributed by atoms with Crippen LogP contribution in [-0.4, -0.2) is 194 Å². The average molecular weight is 1370 g/mol. The lowest BCUT2D eigenvalue weighted by molar-refractivity contribution is -0.135. The highest BCUT2D eigenvalue weighted by atomic mass is 35.5. The number of carboxylic acids is 2. The Labute approximate surface area is 561 Å². The zero-order chi connectivity index (χ0) is 70.5. The number of benzene rings is 3. The number of fused-ring (bicyclic) bond motifs is 5. The van der Waals surface area contributed by atoms with Crippen molar-refractivity contribution in [1.82, 2.24) is 42.5 Å². The third-order valence-electron chi connectivity index (χ3n) is 15.7. The zero-order valence-corrected chi connectivity index (χ0v) is 54.9. The van der Waals surface area contributed by atoms with Gasteiger partial charge in [-0.15, -0.1) is 23.2 Å². The van der Waals surface area contributed by atoms with Crippen LogP contribution in [0.15, 0.2) is 60.7 Å². The Kier molecular flexibility index (Phi) is 27.9. The van der Waals surface area contributed by atoms with E-state index in [1.165, 1.54) is 27.7 Å². The van der Waals surface area contributed by atoms with Crippen molar-refractivity contribution in [3.05, 3.63) is 82.3 Å². The van der Waals surface area contributed by atoms with Crippen LogP contribution < -0.4 is 73.4 Å². The Balaban J connectivity index is 1.23. The van der Waals surface area contributed by atoms with Gasteiger partial charge in [-0.05, 0) is 74.9 Å². The summed E-state index contributed by atoms with van der Waals surface area (Å²) in [6.45, 7) is 10.2. The van der Waals surface area contributed by atoms with Gasteiger partial charge in [0.25, 0.3) is 0 Å². The topological polar surface area (TPSA) is 425 Å². The summed E-state index contributed by atoms with van der Waals surface area (Å²) in [5.74, 6) is -12.9. The van der Waals surface area contributed by atoms with Crippen LogP contribution in [0.2, 0.25) is 0 Å². The average Bonchev–Trinajstić information content (AvgIpc) is 1.57. The number of hydrogen-bond donors (Lipinski definition) is 12. The van der Waals surface area contributed by atoms with E-state index in [2.05, 4.69) is 59.7 Å². The Bertz CT molecular complexity index is 3720. The van der Waals surface area contributed by atoms with Crippen molar-refractivity contribution in [3.63, 3.8) is 0 Å². The van der Waals surface area contributed by atoms with E-state index in [0.717, 1.165) is 10.9 Å². The van der Waals surface area contributed by atoms with E-state index in [1.54, 1.807) is 47.1 Å². The molecule has 3 aliphatic heterocycles. The maximum absolute atomic E-state index is 14.3. The number of anilines is 4. The van der Waals surface area contributed by atoms with Gasteiger partial charge in [-0.2, -0.15) is 0 Å². The van der Waals surface area contributed by atoms with Crippen LogP contribution in [0, 0.1) is 0 Å². The zero-order valence-electron chi connectivity index (χ0n) is 53.4. The fourth-order valence-electron chi connectivity index (χ4n) is 10.8. The molecule has 12 N–H and O–H groups in total. The highest BCUT2D eigenvalue weighted by Gasteiger charge is 2.39. The molecule has 3 heterocycles. The molecule has 3 aromatic rings. The fourth-order valence-corrected chi connectivity index (χ4v) is 11.3. The first kappa shape index (κ1) is 75.3. The van der Waals surface area contributed by atoms with E-state index in [0.29, 0.717) is 62.8 Å². The Hall–Kier alpha value is -9.78. The minimum absolute atomic E-state index is 0.0557. The second-order valence-corrected chi connectivity index (χ2v) is 23.3. The van der Waals surface area contributed by atoms with E-state index in [1.807, 2.05) is 12.1 Å². The number of alkyl halides is 2. The maximum atomic E-state index is 14.3. The minimum atomic E-state index is -2.02. The molecule has 12 amide bonds. The molecule has 3 aliphatic rings. The SMILES string of the molecule is C=c1c2c3cc(/c1=C/C)NC(=O)C(C)NC(=O)C(C)NC(=O)CCOCCNC(=O)C(NC(=O)/C=C\C(=O)O)C(NC(=O)/C=C\C(=O)O)C(=O)NCCOCCC(=O)NC(C)C(=O)NC(C)C(=O)Nc1cc4c(c5ccccc15)[C@H](CCl)CN4C(=O)CCCC(=O)N3C[C@H]2CCl. The van der Waals surface area contributed by atoms with Gasteiger partial charge in [0, 0.05) is 122 Å². The number of carbonyl (C=O) groups excluding carboxylic acids is 12. The van der Waals surface area contributed by atoms with E-state index in [4.69, 9.17) is 42.9 Å². The quantitative estimate of drug-likeness (QED) is 0.0996. The Morgan fingerprint density at radius 1 is 0.562 bits per heavy atom. The van der Waals surface area contributed by atoms with Crippen LogP contribution in [0.25, 0.3) is 23.4 Å². The third-order valence-corrected chi connectivity index (χ3v) is 16.4. The molecule has 32 heteroatoms. The van der Waals surface area contributed by atoms with Crippen LogP contribution in [0.5, 0.6) is 0 Å². The first-order valence-electron chi connectivity index (χ1n) is 30.7. The minimum Gasteiger partial charge on any atom is -0.478 e. The number of amides is 12. The molecular weight excluding hydrogens is 1300 g/mol. The van der Waals surface area contributed by atoms with Crippen LogP contribution >= 0.6 is 23.2 Å². The summed E-state index contributed by atoms with van der Waals surface area (Å²) in [5.41, 5.74) is 3.02. The maximum Gasteiger partial charge on any atom is 0.328 e. The fraction of sp³-hybridized carbons (Fsp3) is 0.438. The summed E-state index contributed by atoms with van der Waals surface area (Å²) < 4.78 is 11.0. The van der Waals surface area contributed by atoms with Gasteiger partial charge in [-0.25, -0.2) is 9.59 Å². The lowest BCUT2D eigenvalue weighted by atomic mass is 9.95. The molecule has 6 unspecified atom stereocenters. The lowest BCUT2D eigenvalue weighted by Crippen LogP contribution is -2.63. The van der Waals surface area contributed by atoms with Crippen molar-refractivity contribution in [2.45, 2.75) is 115 Å². The van der Waals surface area contributed by atoms with Crippen LogP contribution in [0.3, 0.4) is 0 Å². The first-order valence-corrected chi connectivity index (χ1v) is 31.8. The molecule has 4 bridgehead atoms.